The van der Waals surface area contributed by atoms with Crippen LogP contribution in [0.3, 0.4) is 0 Å². The van der Waals surface area contributed by atoms with Gasteiger partial charge in [-0.25, -0.2) is 0 Å². The summed E-state index contributed by atoms with van der Waals surface area (Å²) in [5, 5.41) is 2.91. The average Bonchev–Trinajstić information content (AvgIpc) is 2.94. The lowest BCUT2D eigenvalue weighted by atomic mass is 9.95. The zero-order valence-corrected chi connectivity index (χ0v) is 18.6. The normalized spacial score (nSPS) is 15.5. The minimum absolute atomic E-state index is 0.0274. The highest BCUT2D eigenvalue weighted by molar-refractivity contribution is 5.98. The number of amides is 2. The van der Waals surface area contributed by atoms with Crippen LogP contribution in [0.4, 0.5) is 5.69 Å². The SMILES string of the molecule is Cc1ccccc1CN1CCCN(C(=O)c2cccc(NC(=O)C(C)(C)C)c2)CC1. The molecule has 1 saturated heterocycles. The van der Waals surface area contributed by atoms with Crippen molar-refractivity contribution >= 4 is 17.5 Å². The molecule has 2 amide bonds. The molecule has 5 heteroatoms. The van der Waals surface area contributed by atoms with Crippen molar-refractivity contribution in [1.29, 1.82) is 0 Å². The van der Waals surface area contributed by atoms with Gasteiger partial charge in [-0.05, 0) is 42.7 Å². The lowest BCUT2D eigenvalue weighted by Gasteiger charge is -2.23. The van der Waals surface area contributed by atoms with Crippen LogP contribution >= 0.6 is 0 Å². The highest BCUT2D eigenvalue weighted by Gasteiger charge is 2.23. The monoisotopic (exact) mass is 407 g/mol. The zero-order chi connectivity index (χ0) is 21.7. The first-order chi connectivity index (χ1) is 14.2. The molecule has 1 aliphatic rings. The quantitative estimate of drug-likeness (QED) is 0.821. The summed E-state index contributed by atoms with van der Waals surface area (Å²) in [6.45, 7) is 12.0. The third-order valence-electron chi connectivity index (χ3n) is 5.58. The van der Waals surface area contributed by atoms with Gasteiger partial charge in [0.25, 0.3) is 5.91 Å². The van der Waals surface area contributed by atoms with Crippen molar-refractivity contribution in [2.45, 2.75) is 40.7 Å². The van der Waals surface area contributed by atoms with Crippen molar-refractivity contribution in [3.05, 3.63) is 65.2 Å². The van der Waals surface area contributed by atoms with E-state index in [9.17, 15) is 9.59 Å². The summed E-state index contributed by atoms with van der Waals surface area (Å²) in [7, 11) is 0. The van der Waals surface area contributed by atoms with Crippen LogP contribution in [0.5, 0.6) is 0 Å². The smallest absolute Gasteiger partial charge is 0.253 e. The molecular weight excluding hydrogens is 374 g/mol. The largest absolute Gasteiger partial charge is 0.337 e. The van der Waals surface area contributed by atoms with E-state index in [4.69, 9.17) is 0 Å². The summed E-state index contributed by atoms with van der Waals surface area (Å²) >= 11 is 0. The van der Waals surface area contributed by atoms with Gasteiger partial charge in [-0.1, -0.05) is 51.1 Å². The zero-order valence-electron chi connectivity index (χ0n) is 18.6. The topological polar surface area (TPSA) is 52.6 Å². The van der Waals surface area contributed by atoms with Gasteiger partial charge in [-0.15, -0.1) is 0 Å². The second-order valence-corrected chi connectivity index (χ2v) is 9.13. The number of nitrogens with zero attached hydrogens (tertiary/aromatic N) is 2. The van der Waals surface area contributed by atoms with E-state index in [0.29, 0.717) is 17.8 Å². The predicted molar refractivity (Wildman–Crippen MR) is 122 cm³/mol. The maximum absolute atomic E-state index is 13.1. The summed E-state index contributed by atoms with van der Waals surface area (Å²) in [4.78, 5) is 29.7. The average molecular weight is 408 g/mol. The van der Waals surface area contributed by atoms with Gasteiger partial charge in [0.05, 0.1) is 0 Å². The number of anilines is 1. The lowest BCUT2D eigenvalue weighted by molar-refractivity contribution is -0.123. The molecule has 0 radical (unpaired) electrons. The first-order valence-corrected chi connectivity index (χ1v) is 10.7. The Bertz CT molecular complexity index is 901. The Balaban J connectivity index is 1.63. The first kappa shape index (κ1) is 22.0. The molecular formula is C25H33N3O2. The first-order valence-electron chi connectivity index (χ1n) is 10.7. The van der Waals surface area contributed by atoms with Crippen LogP contribution < -0.4 is 5.32 Å². The Morgan fingerprint density at radius 2 is 1.73 bits per heavy atom. The van der Waals surface area contributed by atoms with Crippen molar-refractivity contribution in [3.8, 4) is 0 Å². The number of aryl methyl sites for hydroxylation is 1. The van der Waals surface area contributed by atoms with Gasteiger partial charge in [-0.2, -0.15) is 0 Å². The molecule has 0 aliphatic carbocycles. The van der Waals surface area contributed by atoms with Crippen LogP contribution in [0.25, 0.3) is 0 Å². The van der Waals surface area contributed by atoms with Crippen molar-refractivity contribution in [2.24, 2.45) is 5.41 Å². The maximum Gasteiger partial charge on any atom is 0.253 e. The Morgan fingerprint density at radius 1 is 0.967 bits per heavy atom. The molecule has 0 spiro atoms. The van der Waals surface area contributed by atoms with E-state index in [1.165, 1.54) is 11.1 Å². The summed E-state index contributed by atoms with van der Waals surface area (Å²) in [5.41, 5.74) is 3.46. The fraction of sp³-hybridized carbons (Fsp3) is 0.440. The van der Waals surface area contributed by atoms with E-state index in [1.807, 2.05) is 43.9 Å². The van der Waals surface area contributed by atoms with E-state index in [0.717, 1.165) is 32.6 Å². The number of carbonyl (C=O) groups is 2. The van der Waals surface area contributed by atoms with Crippen LogP contribution in [0.15, 0.2) is 48.5 Å². The van der Waals surface area contributed by atoms with Crippen molar-refractivity contribution in [3.63, 3.8) is 0 Å². The Morgan fingerprint density at radius 3 is 2.47 bits per heavy atom. The van der Waals surface area contributed by atoms with Gasteiger partial charge in [0, 0.05) is 49.4 Å². The third-order valence-corrected chi connectivity index (χ3v) is 5.58. The minimum atomic E-state index is -0.481. The number of carbonyl (C=O) groups excluding carboxylic acids is 2. The molecule has 0 atom stereocenters. The van der Waals surface area contributed by atoms with E-state index < -0.39 is 5.41 Å². The number of hydrogen-bond donors (Lipinski definition) is 1. The molecule has 1 N–H and O–H groups in total. The molecule has 0 aromatic heterocycles. The van der Waals surface area contributed by atoms with Crippen LogP contribution in [0, 0.1) is 12.3 Å². The predicted octanol–water partition coefficient (Wildman–Crippen LogP) is 4.33. The van der Waals surface area contributed by atoms with E-state index >= 15 is 0 Å². The minimum Gasteiger partial charge on any atom is -0.337 e. The number of rotatable bonds is 4. The van der Waals surface area contributed by atoms with Gasteiger partial charge in [-0.3, -0.25) is 14.5 Å². The molecule has 5 nitrogen and oxygen atoms in total. The summed E-state index contributed by atoms with van der Waals surface area (Å²) in [6, 6.07) is 15.7. The summed E-state index contributed by atoms with van der Waals surface area (Å²) < 4.78 is 0. The molecule has 2 aromatic carbocycles. The van der Waals surface area contributed by atoms with E-state index in [2.05, 4.69) is 41.4 Å². The van der Waals surface area contributed by atoms with Gasteiger partial charge in [0.1, 0.15) is 0 Å². The van der Waals surface area contributed by atoms with E-state index in [-0.39, 0.29) is 11.8 Å². The molecule has 0 saturated carbocycles. The third kappa shape index (κ3) is 5.70. The van der Waals surface area contributed by atoms with Gasteiger partial charge in [0.2, 0.25) is 5.91 Å². The molecule has 1 fully saturated rings. The highest BCUT2D eigenvalue weighted by Crippen LogP contribution is 2.20. The Labute approximate surface area is 180 Å². The molecule has 30 heavy (non-hydrogen) atoms. The van der Waals surface area contributed by atoms with Crippen LogP contribution in [-0.2, 0) is 11.3 Å². The second-order valence-electron chi connectivity index (χ2n) is 9.13. The fourth-order valence-corrected chi connectivity index (χ4v) is 3.59. The maximum atomic E-state index is 13.1. The standard InChI is InChI=1S/C25H33N3O2/c1-19-9-5-6-10-21(19)18-27-13-8-14-28(16-15-27)23(29)20-11-7-12-22(17-20)26-24(30)25(2,3)4/h5-7,9-12,17H,8,13-16,18H2,1-4H3,(H,26,30). The number of hydrogen-bond acceptors (Lipinski definition) is 3. The number of nitrogens with one attached hydrogen (secondary N) is 1. The van der Waals surface area contributed by atoms with Crippen molar-refractivity contribution in [2.75, 3.05) is 31.5 Å². The highest BCUT2D eigenvalue weighted by atomic mass is 16.2. The molecule has 0 bridgehead atoms. The Kier molecular flexibility index (Phi) is 6.93. The van der Waals surface area contributed by atoms with Gasteiger partial charge < -0.3 is 10.2 Å². The molecule has 0 unspecified atom stereocenters. The van der Waals surface area contributed by atoms with Gasteiger partial charge >= 0.3 is 0 Å². The van der Waals surface area contributed by atoms with Gasteiger partial charge in [0.15, 0.2) is 0 Å². The Hall–Kier alpha value is -2.66. The molecule has 3 rings (SSSR count). The molecule has 1 heterocycles. The van der Waals surface area contributed by atoms with Crippen molar-refractivity contribution in [1.82, 2.24) is 9.80 Å². The van der Waals surface area contributed by atoms with Crippen LogP contribution in [0.2, 0.25) is 0 Å². The van der Waals surface area contributed by atoms with E-state index in [1.54, 1.807) is 6.07 Å². The van der Waals surface area contributed by atoms with Crippen LogP contribution in [-0.4, -0.2) is 47.8 Å². The molecule has 1 aliphatic heterocycles. The molecule has 160 valence electrons. The van der Waals surface area contributed by atoms with Crippen LogP contribution in [0.1, 0.15) is 48.7 Å². The summed E-state index contributed by atoms with van der Waals surface area (Å²) in [5.74, 6) is -0.0340. The number of benzene rings is 2. The van der Waals surface area contributed by atoms with Crippen molar-refractivity contribution < 1.29 is 9.59 Å². The fourth-order valence-electron chi connectivity index (χ4n) is 3.59. The summed E-state index contributed by atoms with van der Waals surface area (Å²) in [6.07, 6.45) is 0.956. The molecule has 2 aromatic rings. The second kappa shape index (κ2) is 9.43. The lowest BCUT2D eigenvalue weighted by Crippen LogP contribution is -2.35.